The standard InChI is InChI=1S/C13H22O/c1-10(6-5-9-14)12-8-7-11(2)13(12,3)4/h5,7,9-10,12,14H,6,8H2,1-4H3. The largest absolute Gasteiger partial charge is 0.516 e. The van der Waals surface area contributed by atoms with Crippen LogP contribution in [0.5, 0.6) is 0 Å². The molecule has 1 rings (SSSR count). The number of hydrogen-bond donors (Lipinski definition) is 1. The molecular weight excluding hydrogens is 172 g/mol. The number of hydrogen-bond acceptors (Lipinski definition) is 1. The van der Waals surface area contributed by atoms with Crippen molar-refractivity contribution in [2.45, 2.75) is 40.5 Å². The highest BCUT2D eigenvalue weighted by atomic mass is 16.2. The fraction of sp³-hybridized carbons (Fsp3) is 0.692. The van der Waals surface area contributed by atoms with Crippen molar-refractivity contribution in [1.82, 2.24) is 0 Å². The molecule has 1 aliphatic rings. The van der Waals surface area contributed by atoms with Crippen molar-refractivity contribution in [1.29, 1.82) is 0 Å². The van der Waals surface area contributed by atoms with E-state index >= 15 is 0 Å². The molecule has 0 saturated carbocycles. The van der Waals surface area contributed by atoms with Crippen LogP contribution in [0.3, 0.4) is 0 Å². The predicted molar refractivity (Wildman–Crippen MR) is 61.2 cm³/mol. The molecule has 0 aliphatic heterocycles. The molecule has 0 radical (unpaired) electrons. The molecule has 1 aliphatic carbocycles. The maximum absolute atomic E-state index is 8.65. The van der Waals surface area contributed by atoms with Crippen LogP contribution in [0.1, 0.15) is 40.5 Å². The lowest BCUT2D eigenvalue weighted by molar-refractivity contribution is 0.209. The average Bonchev–Trinajstić information content (AvgIpc) is 2.38. The highest BCUT2D eigenvalue weighted by molar-refractivity contribution is 5.18. The van der Waals surface area contributed by atoms with Crippen LogP contribution < -0.4 is 0 Å². The zero-order valence-corrected chi connectivity index (χ0v) is 9.75. The fourth-order valence-corrected chi connectivity index (χ4v) is 2.54. The summed E-state index contributed by atoms with van der Waals surface area (Å²) in [5.41, 5.74) is 1.85. The monoisotopic (exact) mass is 194 g/mol. The Bertz CT molecular complexity index is 248. The molecule has 0 aromatic rings. The van der Waals surface area contributed by atoms with Crippen LogP contribution in [0.15, 0.2) is 24.0 Å². The molecule has 0 amide bonds. The molecule has 0 heterocycles. The van der Waals surface area contributed by atoms with E-state index in [-0.39, 0.29) is 0 Å². The van der Waals surface area contributed by atoms with Gasteiger partial charge in [0.2, 0.25) is 0 Å². The Morgan fingerprint density at radius 3 is 2.71 bits per heavy atom. The number of aliphatic hydroxyl groups excluding tert-OH is 1. The van der Waals surface area contributed by atoms with E-state index in [4.69, 9.17) is 5.11 Å². The molecule has 0 aromatic carbocycles. The van der Waals surface area contributed by atoms with Gasteiger partial charge < -0.3 is 5.11 Å². The predicted octanol–water partition coefficient (Wildman–Crippen LogP) is 4.08. The molecule has 80 valence electrons. The maximum Gasteiger partial charge on any atom is 0.0751 e. The Hall–Kier alpha value is -0.720. The third kappa shape index (κ3) is 2.02. The molecule has 2 atom stereocenters. The van der Waals surface area contributed by atoms with E-state index < -0.39 is 0 Å². The Morgan fingerprint density at radius 1 is 1.64 bits per heavy atom. The average molecular weight is 194 g/mol. The minimum Gasteiger partial charge on any atom is -0.516 e. The van der Waals surface area contributed by atoms with Gasteiger partial charge in [0, 0.05) is 0 Å². The quantitative estimate of drug-likeness (QED) is 0.530. The summed E-state index contributed by atoms with van der Waals surface area (Å²) < 4.78 is 0. The topological polar surface area (TPSA) is 20.2 Å². The van der Waals surface area contributed by atoms with E-state index in [1.54, 1.807) is 0 Å². The van der Waals surface area contributed by atoms with Gasteiger partial charge in [-0.15, -0.1) is 0 Å². The van der Waals surface area contributed by atoms with Crippen LogP contribution in [0.2, 0.25) is 0 Å². The molecule has 0 spiro atoms. The Morgan fingerprint density at radius 2 is 2.29 bits per heavy atom. The van der Waals surface area contributed by atoms with Gasteiger partial charge in [-0.25, -0.2) is 0 Å². The Balaban J connectivity index is 2.63. The van der Waals surface area contributed by atoms with Gasteiger partial charge in [0.1, 0.15) is 0 Å². The fourth-order valence-electron chi connectivity index (χ4n) is 2.54. The Kier molecular flexibility index (Phi) is 3.41. The highest BCUT2D eigenvalue weighted by Gasteiger charge is 2.37. The molecule has 0 bridgehead atoms. The highest BCUT2D eigenvalue weighted by Crippen LogP contribution is 2.47. The van der Waals surface area contributed by atoms with Gasteiger partial charge in [-0.2, -0.15) is 0 Å². The van der Waals surface area contributed by atoms with Crippen molar-refractivity contribution in [3.63, 3.8) is 0 Å². The van der Waals surface area contributed by atoms with Crippen LogP contribution in [-0.4, -0.2) is 5.11 Å². The van der Waals surface area contributed by atoms with Gasteiger partial charge in [0.15, 0.2) is 0 Å². The summed E-state index contributed by atoms with van der Waals surface area (Å²) in [6.45, 7) is 9.17. The number of rotatable bonds is 3. The van der Waals surface area contributed by atoms with Gasteiger partial charge in [-0.3, -0.25) is 0 Å². The summed E-state index contributed by atoms with van der Waals surface area (Å²) in [6.07, 6.45) is 7.56. The lowest BCUT2D eigenvalue weighted by Crippen LogP contribution is -2.26. The first-order chi connectivity index (χ1) is 6.50. The first-order valence-electron chi connectivity index (χ1n) is 5.46. The molecule has 2 unspecified atom stereocenters. The summed E-state index contributed by atoms with van der Waals surface area (Å²) >= 11 is 0. The van der Waals surface area contributed by atoms with Crippen LogP contribution in [0, 0.1) is 17.3 Å². The van der Waals surface area contributed by atoms with E-state index in [0.29, 0.717) is 11.3 Å². The summed E-state index contributed by atoms with van der Waals surface area (Å²) in [5.74, 6) is 1.36. The third-order valence-corrected chi connectivity index (χ3v) is 3.92. The Labute approximate surface area is 87.5 Å². The van der Waals surface area contributed by atoms with Gasteiger partial charge in [0.05, 0.1) is 6.26 Å². The van der Waals surface area contributed by atoms with Crippen molar-refractivity contribution >= 4 is 0 Å². The zero-order chi connectivity index (χ0) is 10.8. The smallest absolute Gasteiger partial charge is 0.0751 e. The SMILES string of the molecule is CC1=CCC(C(C)CC=CO)C1(C)C. The van der Waals surface area contributed by atoms with Crippen LogP contribution in [-0.2, 0) is 0 Å². The molecule has 0 aromatic heterocycles. The zero-order valence-electron chi connectivity index (χ0n) is 9.75. The lowest BCUT2D eigenvalue weighted by Gasteiger charge is -2.33. The van der Waals surface area contributed by atoms with Gasteiger partial charge in [0.25, 0.3) is 0 Å². The van der Waals surface area contributed by atoms with Crippen molar-refractivity contribution in [3.8, 4) is 0 Å². The third-order valence-electron chi connectivity index (χ3n) is 3.92. The molecule has 1 N–H and O–H groups in total. The second-order valence-electron chi connectivity index (χ2n) is 5.05. The second-order valence-corrected chi connectivity index (χ2v) is 5.05. The summed E-state index contributed by atoms with van der Waals surface area (Å²) in [5, 5.41) is 8.65. The van der Waals surface area contributed by atoms with Crippen molar-refractivity contribution in [2.24, 2.45) is 17.3 Å². The van der Waals surface area contributed by atoms with E-state index in [0.717, 1.165) is 12.3 Å². The first kappa shape index (κ1) is 11.4. The number of aliphatic hydroxyl groups is 1. The number of allylic oxidation sites excluding steroid dienone is 3. The molecule has 1 nitrogen and oxygen atoms in total. The van der Waals surface area contributed by atoms with E-state index in [1.807, 2.05) is 6.08 Å². The maximum atomic E-state index is 8.65. The van der Waals surface area contributed by atoms with Gasteiger partial charge >= 0.3 is 0 Å². The van der Waals surface area contributed by atoms with E-state index in [1.165, 1.54) is 18.3 Å². The minimum atomic E-state index is 0.336. The lowest BCUT2D eigenvalue weighted by atomic mass is 9.71. The normalized spacial score (nSPS) is 28.0. The molecule has 1 heteroatoms. The summed E-state index contributed by atoms with van der Waals surface area (Å²) in [4.78, 5) is 0. The molecule has 14 heavy (non-hydrogen) atoms. The van der Waals surface area contributed by atoms with Crippen LogP contribution >= 0.6 is 0 Å². The molecule has 0 fully saturated rings. The summed E-state index contributed by atoms with van der Waals surface area (Å²) in [7, 11) is 0. The van der Waals surface area contributed by atoms with Gasteiger partial charge in [-0.05, 0) is 43.1 Å². The van der Waals surface area contributed by atoms with Crippen LogP contribution in [0.4, 0.5) is 0 Å². The van der Waals surface area contributed by atoms with E-state index in [2.05, 4.69) is 33.8 Å². The van der Waals surface area contributed by atoms with Crippen LogP contribution in [0.25, 0.3) is 0 Å². The van der Waals surface area contributed by atoms with Crippen molar-refractivity contribution < 1.29 is 5.11 Å². The first-order valence-corrected chi connectivity index (χ1v) is 5.46. The van der Waals surface area contributed by atoms with Crippen molar-refractivity contribution in [3.05, 3.63) is 24.0 Å². The van der Waals surface area contributed by atoms with E-state index in [9.17, 15) is 0 Å². The molecule has 0 saturated heterocycles. The second kappa shape index (κ2) is 4.20. The van der Waals surface area contributed by atoms with Gasteiger partial charge in [-0.1, -0.05) is 32.4 Å². The molecular formula is C13H22O. The minimum absolute atomic E-state index is 0.336. The van der Waals surface area contributed by atoms with Crippen molar-refractivity contribution in [2.75, 3.05) is 0 Å². The summed E-state index contributed by atoms with van der Waals surface area (Å²) in [6, 6.07) is 0.